The highest BCUT2D eigenvalue weighted by Gasteiger charge is 2.52. The Morgan fingerprint density at radius 3 is 2.65 bits per heavy atom. The second-order valence-corrected chi connectivity index (χ2v) is 5.53. The fraction of sp³-hybridized carbons (Fsp3) is 0.500. The Morgan fingerprint density at radius 1 is 1.29 bits per heavy atom. The van der Waals surface area contributed by atoms with Crippen molar-refractivity contribution in [1.29, 1.82) is 0 Å². The molecule has 4 rings (SSSR count). The second-order valence-electron chi connectivity index (χ2n) is 4.35. The maximum atomic E-state index is 5.92. The van der Waals surface area contributed by atoms with Crippen molar-refractivity contribution in [3.63, 3.8) is 0 Å². The smallest absolute Gasteiger partial charge is 0.335 e. The van der Waals surface area contributed by atoms with Crippen LogP contribution in [0.4, 0.5) is 0 Å². The van der Waals surface area contributed by atoms with Crippen molar-refractivity contribution >= 4 is 8.60 Å². The van der Waals surface area contributed by atoms with E-state index in [1.165, 1.54) is 0 Å². The summed E-state index contributed by atoms with van der Waals surface area (Å²) in [5.74, 6) is 0.828. The minimum atomic E-state index is -1.20. The number of rotatable bonds is 3. The van der Waals surface area contributed by atoms with Gasteiger partial charge in [-0.25, -0.2) is 0 Å². The van der Waals surface area contributed by atoms with Gasteiger partial charge in [0.15, 0.2) is 0 Å². The van der Waals surface area contributed by atoms with Crippen molar-refractivity contribution in [1.82, 2.24) is 0 Å². The first-order valence-corrected chi connectivity index (χ1v) is 6.86. The van der Waals surface area contributed by atoms with Crippen molar-refractivity contribution in [3.05, 3.63) is 30.3 Å². The predicted octanol–water partition coefficient (Wildman–Crippen LogP) is 3.09. The summed E-state index contributed by atoms with van der Waals surface area (Å²) in [5, 5.41) is 0. The van der Waals surface area contributed by atoms with E-state index in [9.17, 15) is 0 Å². The monoisotopic (exact) mass is 254 g/mol. The quantitative estimate of drug-likeness (QED) is 0.777. The predicted molar refractivity (Wildman–Crippen MR) is 63.5 cm³/mol. The lowest BCUT2D eigenvalue weighted by atomic mass is 9.86. The molecule has 1 unspecified atom stereocenters. The summed E-state index contributed by atoms with van der Waals surface area (Å²) in [6.07, 6.45) is 0.650. The Bertz CT molecular complexity index is 375. The Labute approximate surface area is 102 Å². The third-order valence-corrected chi connectivity index (χ3v) is 4.33. The highest BCUT2D eigenvalue weighted by atomic mass is 31.2. The third kappa shape index (κ3) is 2.06. The molecule has 0 radical (unpaired) electrons. The van der Waals surface area contributed by atoms with Gasteiger partial charge in [-0.1, -0.05) is 25.1 Å². The SMILES string of the molecule is CCC12COP(OC1)OC2Oc1ccccc1. The molecule has 3 aliphatic heterocycles. The van der Waals surface area contributed by atoms with Crippen LogP contribution in [-0.2, 0) is 13.6 Å². The van der Waals surface area contributed by atoms with Gasteiger partial charge in [0.2, 0.25) is 6.29 Å². The fourth-order valence-corrected chi connectivity index (χ4v) is 3.31. The van der Waals surface area contributed by atoms with E-state index in [-0.39, 0.29) is 11.7 Å². The first kappa shape index (κ1) is 11.4. The van der Waals surface area contributed by atoms with E-state index in [1.807, 2.05) is 30.3 Å². The number of para-hydroxylation sites is 1. The molecule has 3 aliphatic rings. The molecule has 1 aromatic rings. The van der Waals surface area contributed by atoms with Gasteiger partial charge in [-0.2, -0.15) is 0 Å². The zero-order valence-electron chi connectivity index (χ0n) is 9.67. The number of ether oxygens (including phenoxy) is 1. The van der Waals surface area contributed by atoms with E-state index in [0.29, 0.717) is 13.2 Å². The number of hydrogen-bond acceptors (Lipinski definition) is 4. The van der Waals surface area contributed by atoms with Gasteiger partial charge in [-0.3, -0.25) is 4.52 Å². The average Bonchev–Trinajstić information content (AvgIpc) is 2.41. The lowest BCUT2D eigenvalue weighted by Gasteiger charge is -2.48. The highest BCUT2D eigenvalue weighted by Crippen LogP contribution is 2.57. The molecule has 0 aliphatic carbocycles. The summed E-state index contributed by atoms with van der Waals surface area (Å²) in [7, 11) is -1.20. The van der Waals surface area contributed by atoms with Crippen LogP contribution in [0.25, 0.3) is 0 Å². The van der Waals surface area contributed by atoms with Gasteiger partial charge in [0.25, 0.3) is 0 Å². The molecule has 0 saturated carbocycles. The van der Waals surface area contributed by atoms with Gasteiger partial charge < -0.3 is 13.8 Å². The van der Waals surface area contributed by atoms with Crippen LogP contribution in [0.5, 0.6) is 5.75 Å². The molecule has 0 aromatic heterocycles. The fourth-order valence-electron chi connectivity index (χ4n) is 1.97. The van der Waals surface area contributed by atoms with Gasteiger partial charge in [0, 0.05) is 0 Å². The zero-order valence-corrected chi connectivity index (χ0v) is 10.6. The molecule has 92 valence electrons. The van der Waals surface area contributed by atoms with Gasteiger partial charge in [-0.05, 0) is 18.6 Å². The lowest BCUT2D eigenvalue weighted by Crippen LogP contribution is -2.52. The van der Waals surface area contributed by atoms with Crippen molar-refractivity contribution in [3.8, 4) is 5.75 Å². The van der Waals surface area contributed by atoms with Crippen LogP contribution in [0.15, 0.2) is 30.3 Å². The van der Waals surface area contributed by atoms with E-state index in [1.54, 1.807) is 0 Å². The molecule has 4 nitrogen and oxygen atoms in total. The van der Waals surface area contributed by atoms with E-state index in [4.69, 9.17) is 18.3 Å². The summed E-state index contributed by atoms with van der Waals surface area (Å²) >= 11 is 0. The molecule has 3 heterocycles. The number of benzene rings is 1. The summed E-state index contributed by atoms with van der Waals surface area (Å²) in [6, 6.07) is 9.74. The molecular formula is C12H15O4P. The van der Waals surface area contributed by atoms with Gasteiger partial charge in [-0.15, -0.1) is 0 Å². The molecule has 2 bridgehead atoms. The van der Waals surface area contributed by atoms with Gasteiger partial charge in [0.1, 0.15) is 5.75 Å². The van der Waals surface area contributed by atoms with E-state index >= 15 is 0 Å². The van der Waals surface area contributed by atoms with E-state index in [0.717, 1.165) is 12.2 Å². The molecule has 0 amide bonds. The van der Waals surface area contributed by atoms with Crippen LogP contribution >= 0.6 is 8.60 Å². The molecule has 17 heavy (non-hydrogen) atoms. The van der Waals surface area contributed by atoms with Crippen LogP contribution < -0.4 is 4.74 Å². The maximum absolute atomic E-state index is 5.92. The van der Waals surface area contributed by atoms with Crippen molar-refractivity contribution < 1.29 is 18.3 Å². The second kappa shape index (κ2) is 4.54. The van der Waals surface area contributed by atoms with Crippen molar-refractivity contribution in [2.75, 3.05) is 13.2 Å². The maximum Gasteiger partial charge on any atom is 0.335 e. The van der Waals surface area contributed by atoms with E-state index in [2.05, 4.69) is 6.92 Å². The van der Waals surface area contributed by atoms with Crippen LogP contribution in [-0.4, -0.2) is 19.5 Å². The summed E-state index contributed by atoms with van der Waals surface area (Å²) in [4.78, 5) is 0. The minimum absolute atomic E-state index is 0.174. The molecule has 0 N–H and O–H groups in total. The lowest BCUT2D eigenvalue weighted by molar-refractivity contribution is -0.197. The minimum Gasteiger partial charge on any atom is -0.464 e. The van der Waals surface area contributed by atoms with E-state index < -0.39 is 8.60 Å². The van der Waals surface area contributed by atoms with Crippen molar-refractivity contribution in [2.45, 2.75) is 19.6 Å². The van der Waals surface area contributed by atoms with Crippen LogP contribution in [0.1, 0.15) is 13.3 Å². The average molecular weight is 254 g/mol. The Hall–Kier alpha value is -0.670. The molecule has 3 saturated heterocycles. The van der Waals surface area contributed by atoms with Crippen molar-refractivity contribution in [2.24, 2.45) is 5.41 Å². The zero-order chi connectivity index (χ0) is 11.7. The largest absolute Gasteiger partial charge is 0.464 e. The highest BCUT2D eigenvalue weighted by molar-refractivity contribution is 7.41. The molecular weight excluding hydrogens is 239 g/mol. The number of hydrogen-bond donors (Lipinski definition) is 0. The molecule has 5 heteroatoms. The summed E-state index contributed by atoms with van der Waals surface area (Å²) < 4.78 is 22.6. The normalized spacial score (nSPS) is 35.8. The topological polar surface area (TPSA) is 36.9 Å². The molecule has 1 aromatic carbocycles. The Morgan fingerprint density at radius 2 is 2.00 bits per heavy atom. The third-order valence-electron chi connectivity index (χ3n) is 3.29. The van der Waals surface area contributed by atoms with Gasteiger partial charge >= 0.3 is 8.60 Å². The van der Waals surface area contributed by atoms with Crippen LogP contribution in [0, 0.1) is 5.41 Å². The summed E-state index contributed by atoms with van der Waals surface area (Å²) in [6.45, 7) is 3.43. The molecule has 3 fully saturated rings. The Balaban J connectivity index is 1.78. The van der Waals surface area contributed by atoms with Crippen LogP contribution in [0.2, 0.25) is 0 Å². The molecule has 0 spiro atoms. The van der Waals surface area contributed by atoms with Gasteiger partial charge in [0.05, 0.1) is 18.6 Å². The Kier molecular flexibility index (Phi) is 3.05. The summed E-state index contributed by atoms with van der Waals surface area (Å²) in [5.41, 5.74) is -0.174. The molecule has 1 atom stereocenters. The first-order valence-electron chi connectivity index (χ1n) is 5.77. The number of fused-ring (bicyclic) bond motifs is 3. The van der Waals surface area contributed by atoms with Crippen LogP contribution in [0.3, 0.4) is 0 Å². The standard InChI is InChI=1S/C12H15O4P/c1-2-12-8-13-17(14-9-12)16-11(12)15-10-6-4-3-5-7-10/h3-7,11H,2,8-9H2,1H3. The first-order chi connectivity index (χ1) is 8.32.